The van der Waals surface area contributed by atoms with Gasteiger partial charge in [0.2, 0.25) is 0 Å². The highest BCUT2D eigenvalue weighted by Gasteiger charge is 2.21. The van der Waals surface area contributed by atoms with Gasteiger partial charge in [-0.3, -0.25) is 19.5 Å². The third-order valence-corrected chi connectivity index (χ3v) is 5.76. The molecule has 0 unspecified atom stereocenters. The summed E-state index contributed by atoms with van der Waals surface area (Å²) in [7, 11) is 1.49. The molecular formula is C27H22FN3O4. The fourth-order valence-corrected chi connectivity index (χ4v) is 4.13. The van der Waals surface area contributed by atoms with Gasteiger partial charge in [0.15, 0.2) is 0 Å². The summed E-state index contributed by atoms with van der Waals surface area (Å²) in [6.07, 6.45) is 0. The minimum atomic E-state index is -1.06. The minimum absolute atomic E-state index is 0.0304. The highest BCUT2D eigenvalue weighted by molar-refractivity contribution is 5.99. The molecule has 2 N–H and O–H groups in total. The number of nitriles is 1. The molecule has 0 fully saturated rings. The van der Waals surface area contributed by atoms with Gasteiger partial charge in [-0.25, -0.2) is 4.39 Å². The largest absolute Gasteiger partial charge is 0.497 e. The van der Waals surface area contributed by atoms with Crippen molar-refractivity contribution < 1.29 is 19.0 Å². The van der Waals surface area contributed by atoms with E-state index >= 15 is 0 Å². The van der Waals surface area contributed by atoms with Crippen molar-refractivity contribution in [3.8, 4) is 22.9 Å². The normalized spacial score (nSPS) is 11.7. The summed E-state index contributed by atoms with van der Waals surface area (Å²) in [5.74, 6) is -1.05. The number of ether oxygens (including phenoxy) is 1. The number of hydrogen-bond acceptors (Lipinski definition) is 5. The van der Waals surface area contributed by atoms with E-state index in [9.17, 15) is 24.3 Å². The monoisotopic (exact) mass is 471 g/mol. The molecule has 35 heavy (non-hydrogen) atoms. The number of methoxy groups -OCH3 is 1. The van der Waals surface area contributed by atoms with E-state index in [-0.39, 0.29) is 18.8 Å². The predicted octanol–water partition coefficient (Wildman–Crippen LogP) is 4.10. The molecule has 0 saturated heterocycles. The molecule has 7 nitrogen and oxygen atoms in total. The van der Waals surface area contributed by atoms with E-state index in [1.54, 1.807) is 54.6 Å². The molecule has 4 aromatic rings. The average molecular weight is 471 g/mol. The van der Waals surface area contributed by atoms with Crippen LogP contribution in [0.5, 0.6) is 5.75 Å². The number of rotatable bonds is 8. The van der Waals surface area contributed by atoms with Gasteiger partial charge < -0.3 is 9.84 Å². The predicted molar refractivity (Wildman–Crippen MR) is 130 cm³/mol. The molecule has 0 aliphatic carbocycles. The summed E-state index contributed by atoms with van der Waals surface area (Å²) in [5, 5.41) is 23.5. The van der Waals surface area contributed by atoms with Gasteiger partial charge in [-0.15, -0.1) is 0 Å². The van der Waals surface area contributed by atoms with Gasteiger partial charge in [0.25, 0.3) is 5.56 Å². The maximum Gasteiger partial charge on any atom is 0.325 e. The first-order chi connectivity index (χ1) is 16.9. The second kappa shape index (κ2) is 10.2. The van der Waals surface area contributed by atoms with Crippen LogP contribution in [-0.2, 0) is 11.3 Å². The van der Waals surface area contributed by atoms with Crippen LogP contribution in [-0.4, -0.2) is 29.3 Å². The van der Waals surface area contributed by atoms with Gasteiger partial charge in [-0.2, -0.15) is 5.26 Å². The highest BCUT2D eigenvalue weighted by Crippen LogP contribution is 2.33. The summed E-state index contributed by atoms with van der Waals surface area (Å²) in [4.78, 5) is 25.2. The summed E-state index contributed by atoms with van der Waals surface area (Å²) < 4.78 is 20.7. The summed E-state index contributed by atoms with van der Waals surface area (Å²) in [6.45, 7) is 0.132. The summed E-state index contributed by atoms with van der Waals surface area (Å²) in [6, 6.07) is 20.5. The Labute approximate surface area is 200 Å². The van der Waals surface area contributed by atoms with Crippen LogP contribution in [0.4, 0.5) is 4.39 Å². The molecule has 3 aromatic carbocycles. The molecule has 0 saturated carbocycles. The van der Waals surface area contributed by atoms with Crippen LogP contribution in [0, 0.1) is 17.1 Å². The Bertz CT molecular complexity index is 1490. The number of halogens is 1. The molecule has 0 amide bonds. The van der Waals surface area contributed by atoms with Crippen molar-refractivity contribution in [2.24, 2.45) is 0 Å². The number of carboxylic acids is 1. The zero-order valence-electron chi connectivity index (χ0n) is 18.9. The number of benzene rings is 3. The third-order valence-electron chi connectivity index (χ3n) is 5.76. The van der Waals surface area contributed by atoms with Crippen LogP contribution in [0.2, 0.25) is 0 Å². The van der Waals surface area contributed by atoms with Crippen molar-refractivity contribution >= 4 is 16.7 Å². The Morgan fingerprint density at radius 2 is 1.89 bits per heavy atom. The lowest BCUT2D eigenvalue weighted by atomic mass is 9.96. The van der Waals surface area contributed by atoms with Crippen LogP contribution in [0.25, 0.3) is 21.9 Å². The number of aliphatic carboxylic acids is 1. The smallest absolute Gasteiger partial charge is 0.325 e. The van der Waals surface area contributed by atoms with Crippen molar-refractivity contribution in [1.29, 1.82) is 5.26 Å². The van der Waals surface area contributed by atoms with Gasteiger partial charge in [0, 0.05) is 29.4 Å². The molecule has 1 atom stereocenters. The lowest BCUT2D eigenvalue weighted by Gasteiger charge is -2.19. The number of carbonyl (C=O) groups is 1. The van der Waals surface area contributed by atoms with Crippen molar-refractivity contribution in [1.82, 2.24) is 9.88 Å². The first-order valence-corrected chi connectivity index (χ1v) is 10.9. The minimum Gasteiger partial charge on any atom is -0.497 e. The first kappa shape index (κ1) is 23.7. The number of carboxylic acid groups (broad SMARTS) is 1. The van der Waals surface area contributed by atoms with E-state index in [0.717, 1.165) is 0 Å². The Morgan fingerprint density at radius 3 is 2.54 bits per heavy atom. The lowest BCUT2D eigenvalue weighted by Crippen LogP contribution is -2.34. The van der Waals surface area contributed by atoms with Crippen LogP contribution >= 0.6 is 0 Å². The molecule has 0 spiro atoms. The molecular weight excluding hydrogens is 449 g/mol. The lowest BCUT2D eigenvalue weighted by molar-refractivity contribution is -0.139. The van der Waals surface area contributed by atoms with E-state index in [2.05, 4.69) is 11.4 Å². The van der Waals surface area contributed by atoms with E-state index in [1.165, 1.54) is 29.9 Å². The van der Waals surface area contributed by atoms with Crippen LogP contribution in [0.3, 0.4) is 0 Å². The molecule has 8 heteroatoms. The maximum atomic E-state index is 14.1. The molecule has 0 bridgehead atoms. The number of hydrogen-bond donors (Lipinski definition) is 2. The molecule has 1 heterocycles. The molecule has 1 aromatic heterocycles. The second-order valence-electron chi connectivity index (χ2n) is 7.85. The Balaban J connectivity index is 1.81. The van der Waals surface area contributed by atoms with Crippen molar-refractivity contribution in [3.05, 3.63) is 100 Å². The standard InChI is InChI=1S/C27H22FN3O4/c1-35-20-10-11-21-22(15-20)24(18-8-5-9-19(28)14-18)23(16-29)31(26(21)32)13-12-30-25(27(33)34)17-6-3-2-4-7-17/h2-11,14-15,25,30H,12-13H2,1H3,(H,33,34)/t25-/m0/s1. The van der Waals surface area contributed by atoms with Gasteiger partial charge >= 0.3 is 5.97 Å². The van der Waals surface area contributed by atoms with E-state index in [0.29, 0.717) is 33.2 Å². The van der Waals surface area contributed by atoms with Gasteiger partial charge in [-0.05, 0) is 41.5 Å². The average Bonchev–Trinajstić information content (AvgIpc) is 2.87. The van der Waals surface area contributed by atoms with Gasteiger partial charge in [0.05, 0.1) is 7.11 Å². The third kappa shape index (κ3) is 4.76. The van der Waals surface area contributed by atoms with E-state index in [1.807, 2.05) is 0 Å². The summed E-state index contributed by atoms with van der Waals surface area (Å²) in [5.41, 5.74) is 1.05. The van der Waals surface area contributed by atoms with Crippen molar-refractivity contribution in [3.63, 3.8) is 0 Å². The molecule has 176 valence electrons. The highest BCUT2D eigenvalue weighted by atomic mass is 19.1. The van der Waals surface area contributed by atoms with Crippen molar-refractivity contribution in [2.75, 3.05) is 13.7 Å². The maximum absolute atomic E-state index is 14.1. The van der Waals surface area contributed by atoms with E-state index in [4.69, 9.17) is 4.74 Å². The van der Waals surface area contributed by atoms with Crippen molar-refractivity contribution in [2.45, 2.75) is 12.6 Å². The number of nitrogens with zero attached hydrogens (tertiary/aromatic N) is 2. The Kier molecular flexibility index (Phi) is 6.90. The van der Waals surface area contributed by atoms with Crippen LogP contribution in [0.1, 0.15) is 17.3 Å². The summed E-state index contributed by atoms with van der Waals surface area (Å²) >= 11 is 0. The topological polar surface area (TPSA) is 104 Å². The second-order valence-corrected chi connectivity index (χ2v) is 7.85. The van der Waals surface area contributed by atoms with Gasteiger partial charge in [0.1, 0.15) is 29.4 Å². The fourth-order valence-electron chi connectivity index (χ4n) is 4.13. The molecule has 0 radical (unpaired) electrons. The SMILES string of the molecule is COc1ccc2c(=O)n(CCN[C@H](C(=O)O)c3ccccc3)c(C#N)c(-c3cccc(F)c3)c2c1. The fraction of sp³-hybridized carbons (Fsp3) is 0.148. The molecule has 4 rings (SSSR count). The van der Waals surface area contributed by atoms with Crippen LogP contribution < -0.4 is 15.6 Å². The van der Waals surface area contributed by atoms with E-state index < -0.39 is 23.4 Å². The Morgan fingerprint density at radius 1 is 1.11 bits per heavy atom. The number of nitrogens with one attached hydrogen (secondary N) is 1. The van der Waals surface area contributed by atoms with Crippen LogP contribution in [0.15, 0.2) is 77.6 Å². The molecule has 0 aliphatic rings. The van der Waals surface area contributed by atoms with Gasteiger partial charge in [-0.1, -0.05) is 42.5 Å². The zero-order chi connectivity index (χ0) is 24.9. The number of fused-ring (bicyclic) bond motifs is 1. The number of aromatic nitrogens is 1. The quantitative estimate of drug-likeness (QED) is 0.401. The first-order valence-electron chi connectivity index (χ1n) is 10.9. The number of pyridine rings is 1. The molecule has 0 aliphatic heterocycles. The zero-order valence-corrected chi connectivity index (χ0v) is 18.9. The Hall–Kier alpha value is -4.48.